The lowest BCUT2D eigenvalue weighted by Gasteiger charge is -2.43. The number of amides is 3. The van der Waals surface area contributed by atoms with Crippen molar-refractivity contribution in [2.45, 2.75) is 83.7 Å². The van der Waals surface area contributed by atoms with E-state index in [-0.39, 0.29) is 30.8 Å². The van der Waals surface area contributed by atoms with Crippen LogP contribution in [-0.2, 0) is 20.8 Å². The van der Waals surface area contributed by atoms with Gasteiger partial charge >= 0.3 is 6.09 Å². The maximum absolute atomic E-state index is 14.4. The number of likely N-dealkylation sites (tertiary alicyclic amines) is 1. The second-order valence-corrected chi connectivity index (χ2v) is 12.3. The predicted molar refractivity (Wildman–Crippen MR) is 154 cm³/mol. The average molecular weight is 576 g/mol. The first-order valence-electron chi connectivity index (χ1n) is 15.5. The van der Waals surface area contributed by atoms with Gasteiger partial charge in [-0.2, -0.15) is 0 Å². The largest absolute Gasteiger partial charge is 0.465 e. The SMILES string of the molecule is COCCCCn1c(C(=O)N(CC(C)C)[C@H]2C[C@@H](C(=O)N3CCOCC3)CN(C(=O)O)C2)cnc1C1CCCCC1. The third kappa shape index (κ3) is 8.00. The van der Waals surface area contributed by atoms with Crippen LogP contribution >= 0.6 is 0 Å². The van der Waals surface area contributed by atoms with Crippen LogP contribution in [0.3, 0.4) is 0 Å². The lowest BCUT2D eigenvalue weighted by Crippen LogP contribution is -2.58. The number of ether oxygens (including phenoxy) is 2. The molecule has 3 aliphatic rings. The first-order valence-corrected chi connectivity index (χ1v) is 15.5. The smallest absolute Gasteiger partial charge is 0.407 e. The van der Waals surface area contributed by atoms with E-state index in [2.05, 4.69) is 18.4 Å². The molecule has 3 heterocycles. The lowest BCUT2D eigenvalue weighted by molar-refractivity contribution is -0.142. The molecule has 41 heavy (non-hydrogen) atoms. The number of carbonyl (C=O) groups is 3. The van der Waals surface area contributed by atoms with E-state index in [9.17, 15) is 19.5 Å². The van der Waals surface area contributed by atoms with Crippen LogP contribution in [0.2, 0.25) is 0 Å². The van der Waals surface area contributed by atoms with Crippen molar-refractivity contribution in [1.82, 2.24) is 24.3 Å². The van der Waals surface area contributed by atoms with Crippen molar-refractivity contribution in [3.05, 3.63) is 17.7 Å². The standard InChI is InChI=1S/C30H49N5O6/c1-22(2)19-35(25-17-24(20-33(21-25)30(38)39)28(36)32-12-15-41-16-13-32)29(37)26-18-31-27(23-9-5-4-6-10-23)34(26)11-7-8-14-40-3/h18,22-25H,4-17,19-21H2,1-3H3,(H,38,39)/t24-,25+/m1/s1. The maximum atomic E-state index is 14.4. The maximum Gasteiger partial charge on any atom is 0.407 e. The Hall–Kier alpha value is -2.66. The fourth-order valence-electron chi connectivity index (χ4n) is 6.61. The van der Waals surface area contributed by atoms with Gasteiger partial charge < -0.3 is 33.8 Å². The van der Waals surface area contributed by atoms with Gasteiger partial charge in [-0.1, -0.05) is 33.1 Å². The van der Waals surface area contributed by atoms with Crippen LogP contribution in [0.5, 0.6) is 0 Å². The summed E-state index contributed by atoms with van der Waals surface area (Å²) < 4.78 is 12.8. The van der Waals surface area contributed by atoms with Gasteiger partial charge in [0.25, 0.3) is 5.91 Å². The van der Waals surface area contributed by atoms with Crippen molar-refractivity contribution in [2.75, 3.05) is 59.7 Å². The van der Waals surface area contributed by atoms with Crippen LogP contribution < -0.4 is 0 Å². The fraction of sp³-hybridized carbons (Fsp3) is 0.800. The number of nitrogens with zero attached hydrogens (tertiary/aromatic N) is 5. The van der Waals surface area contributed by atoms with Gasteiger partial charge in [0, 0.05) is 58.9 Å². The van der Waals surface area contributed by atoms with Crippen molar-refractivity contribution in [3.8, 4) is 0 Å². The zero-order chi connectivity index (χ0) is 29.4. The summed E-state index contributed by atoms with van der Waals surface area (Å²) in [4.78, 5) is 49.8. The van der Waals surface area contributed by atoms with Gasteiger partial charge in [0.05, 0.1) is 31.4 Å². The van der Waals surface area contributed by atoms with Crippen LogP contribution in [0, 0.1) is 11.8 Å². The molecular formula is C30H49N5O6. The quantitative estimate of drug-likeness (QED) is 0.400. The Morgan fingerprint density at radius 1 is 1.10 bits per heavy atom. The molecule has 0 radical (unpaired) electrons. The van der Waals surface area contributed by atoms with E-state index in [1.54, 1.807) is 18.2 Å². The minimum absolute atomic E-state index is 0.0519. The highest BCUT2D eigenvalue weighted by molar-refractivity contribution is 5.93. The summed E-state index contributed by atoms with van der Waals surface area (Å²) in [5.74, 6) is 0.828. The van der Waals surface area contributed by atoms with Crippen LogP contribution in [0.25, 0.3) is 0 Å². The van der Waals surface area contributed by atoms with Gasteiger partial charge in [0.2, 0.25) is 5.91 Å². The van der Waals surface area contributed by atoms with E-state index in [0.717, 1.165) is 31.5 Å². The van der Waals surface area contributed by atoms with E-state index in [4.69, 9.17) is 14.5 Å². The van der Waals surface area contributed by atoms with Gasteiger partial charge in [0.1, 0.15) is 11.5 Å². The van der Waals surface area contributed by atoms with E-state index in [1.807, 2.05) is 4.90 Å². The van der Waals surface area contributed by atoms with Gasteiger partial charge in [0.15, 0.2) is 0 Å². The molecular weight excluding hydrogens is 526 g/mol. The number of hydrogen-bond donors (Lipinski definition) is 1. The Kier molecular flexibility index (Phi) is 11.4. The molecule has 11 heteroatoms. The number of unbranched alkanes of at least 4 members (excludes halogenated alkanes) is 1. The minimum atomic E-state index is -1.06. The van der Waals surface area contributed by atoms with Crippen LogP contribution in [0.15, 0.2) is 6.20 Å². The number of carbonyl (C=O) groups excluding carboxylic acids is 2. The Labute approximate surface area is 244 Å². The molecule has 2 atom stereocenters. The molecule has 0 spiro atoms. The first kappa shape index (κ1) is 31.3. The summed E-state index contributed by atoms with van der Waals surface area (Å²) in [5.41, 5.74) is 0.562. The summed E-state index contributed by atoms with van der Waals surface area (Å²) in [7, 11) is 1.70. The molecule has 1 aliphatic carbocycles. The van der Waals surface area contributed by atoms with E-state index >= 15 is 0 Å². The van der Waals surface area contributed by atoms with Gasteiger partial charge in [-0.15, -0.1) is 0 Å². The van der Waals surface area contributed by atoms with Crippen molar-refractivity contribution in [1.29, 1.82) is 0 Å². The highest BCUT2D eigenvalue weighted by Crippen LogP contribution is 2.33. The number of imidazole rings is 1. The zero-order valence-corrected chi connectivity index (χ0v) is 25.1. The molecule has 230 valence electrons. The zero-order valence-electron chi connectivity index (χ0n) is 25.1. The summed E-state index contributed by atoms with van der Waals surface area (Å²) in [6.45, 7) is 8.28. The molecule has 1 N–H and O–H groups in total. The average Bonchev–Trinajstić information content (AvgIpc) is 3.41. The Balaban J connectivity index is 1.62. The fourth-order valence-corrected chi connectivity index (χ4v) is 6.61. The summed E-state index contributed by atoms with van der Waals surface area (Å²) in [5, 5.41) is 9.97. The lowest BCUT2D eigenvalue weighted by atomic mass is 9.88. The van der Waals surface area contributed by atoms with Crippen molar-refractivity contribution in [3.63, 3.8) is 0 Å². The molecule has 2 saturated heterocycles. The summed E-state index contributed by atoms with van der Waals surface area (Å²) in [6.07, 6.45) is 8.63. The number of rotatable bonds is 11. The predicted octanol–water partition coefficient (Wildman–Crippen LogP) is 3.68. The Morgan fingerprint density at radius 2 is 1.83 bits per heavy atom. The number of piperidine rings is 1. The van der Waals surface area contributed by atoms with Gasteiger partial charge in [-0.3, -0.25) is 9.59 Å². The van der Waals surface area contributed by atoms with Gasteiger partial charge in [-0.05, 0) is 38.0 Å². The van der Waals surface area contributed by atoms with Crippen LogP contribution in [0.4, 0.5) is 4.79 Å². The van der Waals surface area contributed by atoms with E-state index in [0.29, 0.717) is 64.0 Å². The normalized spacial score (nSPS) is 22.2. The van der Waals surface area contributed by atoms with Gasteiger partial charge in [-0.25, -0.2) is 9.78 Å². The number of morpholine rings is 1. The molecule has 4 rings (SSSR count). The Bertz CT molecular complexity index is 1020. The third-order valence-electron chi connectivity index (χ3n) is 8.69. The highest BCUT2D eigenvalue weighted by Gasteiger charge is 2.40. The molecule has 1 aromatic rings. The molecule has 11 nitrogen and oxygen atoms in total. The van der Waals surface area contributed by atoms with Crippen molar-refractivity contribution >= 4 is 17.9 Å². The number of aromatic nitrogens is 2. The topological polar surface area (TPSA) is 117 Å². The molecule has 0 aromatic carbocycles. The number of methoxy groups -OCH3 is 1. The molecule has 2 aliphatic heterocycles. The minimum Gasteiger partial charge on any atom is -0.465 e. The summed E-state index contributed by atoms with van der Waals surface area (Å²) >= 11 is 0. The molecule has 3 fully saturated rings. The molecule has 3 amide bonds. The monoisotopic (exact) mass is 575 g/mol. The number of hydrogen-bond acceptors (Lipinski definition) is 6. The van der Waals surface area contributed by atoms with E-state index in [1.165, 1.54) is 24.2 Å². The molecule has 0 unspecified atom stereocenters. The highest BCUT2D eigenvalue weighted by atomic mass is 16.5. The second kappa shape index (κ2) is 15.0. The van der Waals surface area contributed by atoms with Crippen molar-refractivity contribution in [2.24, 2.45) is 11.8 Å². The van der Waals surface area contributed by atoms with Crippen molar-refractivity contribution < 1.29 is 29.0 Å². The second-order valence-electron chi connectivity index (χ2n) is 12.3. The molecule has 1 saturated carbocycles. The number of carboxylic acid groups (broad SMARTS) is 1. The van der Waals surface area contributed by atoms with E-state index < -0.39 is 18.1 Å². The van der Waals surface area contributed by atoms with Crippen LogP contribution in [0.1, 0.15) is 87.4 Å². The molecule has 1 aromatic heterocycles. The summed E-state index contributed by atoms with van der Waals surface area (Å²) in [6, 6.07) is -0.403. The third-order valence-corrected chi connectivity index (χ3v) is 8.69. The first-order chi connectivity index (χ1) is 19.8. The molecule has 0 bridgehead atoms. The Morgan fingerprint density at radius 3 is 2.49 bits per heavy atom. The van der Waals surface area contributed by atoms with Crippen LogP contribution in [-0.4, -0.2) is 113 Å².